The second kappa shape index (κ2) is 9.72. The lowest BCUT2D eigenvalue weighted by Crippen LogP contribution is -2.08. The first-order valence-electron chi connectivity index (χ1n) is 9.40. The van der Waals surface area contributed by atoms with Gasteiger partial charge in [-0.1, -0.05) is 36.4 Å². The number of ether oxygens (including phenoxy) is 1. The van der Waals surface area contributed by atoms with Crippen molar-refractivity contribution in [1.82, 2.24) is 0 Å². The van der Waals surface area contributed by atoms with Crippen LogP contribution >= 0.6 is 11.8 Å². The van der Waals surface area contributed by atoms with Crippen molar-refractivity contribution in [3.63, 3.8) is 0 Å². The van der Waals surface area contributed by atoms with Crippen LogP contribution in [0.25, 0.3) is 11.1 Å². The van der Waals surface area contributed by atoms with E-state index in [1.54, 1.807) is 30.8 Å². The summed E-state index contributed by atoms with van der Waals surface area (Å²) in [5.74, 6) is 0.393. The van der Waals surface area contributed by atoms with Crippen molar-refractivity contribution in [2.24, 2.45) is 5.73 Å². The minimum absolute atomic E-state index is 0.288. The molecule has 0 aliphatic heterocycles. The molecule has 0 aliphatic rings. The van der Waals surface area contributed by atoms with Crippen LogP contribution in [0.3, 0.4) is 0 Å². The summed E-state index contributed by atoms with van der Waals surface area (Å²) in [6.07, 6.45) is 3.16. The van der Waals surface area contributed by atoms with Crippen LogP contribution in [0, 0.1) is 5.82 Å². The molecule has 0 heterocycles. The van der Waals surface area contributed by atoms with E-state index in [-0.39, 0.29) is 11.9 Å². The molecule has 3 rings (SSSR count). The molecule has 1 atom stereocenters. The molecule has 0 spiro atoms. The van der Waals surface area contributed by atoms with Gasteiger partial charge in [-0.05, 0) is 48.6 Å². The summed E-state index contributed by atoms with van der Waals surface area (Å²) in [5, 5.41) is 0. The van der Waals surface area contributed by atoms with Gasteiger partial charge in [0.1, 0.15) is 24.5 Å². The Hall–Kier alpha value is -2.63. The van der Waals surface area contributed by atoms with Crippen LogP contribution in [-0.4, -0.2) is 12.5 Å². The van der Waals surface area contributed by atoms with Crippen molar-refractivity contribution in [2.75, 3.05) is 6.26 Å². The average Bonchev–Trinajstić information content (AvgIpc) is 2.73. The largest absolute Gasteiger partial charge is 0.489 e. The molecule has 29 heavy (non-hydrogen) atoms. The number of rotatable bonds is 8. The molecule has 3 nitrogen and oxygen atoms in total. The van der Waals surface area contributed by atoms with E-state index in [1.807, 2.05) is 54.8 Å². The Morgan fingerprint density at radius 2 is 1.93 bits per heavy atom. The van der Waals surface area contributed by atoms with Gasteiger partial charge in [0.2, 0.25) is 0 Å². The summed E-state index contributed by atoms with van der Waals surface area (Å²) >= 11 is 1.59. The smallest absolute Gasteiger partial charge is 0.135 e. The topological polar surface area (TPSA) is 52.3 Å². The lowest BCUT2D eigenvalue weighted by molar-refractivity contribution is -0.107. The molecule has 150 valence electrons. The third-order valence-electron chi connectivity index (χ3n) is 4.70. The summed E-state index contributed by atoms with van der Waals surface area (Å²) in [6.45, 7) is 2.10. The Balaban J connectivity index is 1.93. The molecule has 3 aromatic rings. The van der Waals surface area contributed by atoms with Gasteiger partial charge in [-0.3, -0.25) is 0 Å². The normalized spacial score (nSPS) is 11.9. The van der Waals surface area contributed by atoms with Crippen LogP contribution in [0.1, 0.15) is 29.7 Å². The standard InChI is InChI=1S/C24H24FNO2S/c1-16(26)21-7-5-8-22(24(21)25)19-12-17(13-20(14-19)29-2)15-28-23-9-4-3-6-18(23)10-11-27/h3-9,11-14,16H,10,15,26H2,1-2H3. The fourth-order valence-corrected chi connectivity index (χ4v) is 3.72. The molecule has 0 saturated carbocycles. The van der Waals surface area contributed by atoms with Gasteiger partial charge in [-0.25, -0.2) is 4.39 Å². The van der Waals surface area contributed by atoms with E-state index in [0.717, 1.165) is 27.9 Å². The van der Waals surface area contributed by atoms with Crippen molar-refractivity contribution >= 4 is 18.0 Å². The third kappa shape index (κ3) is 5.05. The lowest BCUT2D eigenvalue weighted by Gasteiger charge is -2.14. The quantitative estimate of drug-likeness (QED) is 0.391. The monoisotopic (exact) mass is 409 g/mol. The van der Waals surface area contributed by atoms with Crippen LogP contribution in [-0.2, 0) is 17.8 Å². The Labute approximate surface area is 175 Å². The third-order valence-corrected chi connectivity index (χ3v) is 5.41. The number of benzene rings is 3. The maximum atomic E-state index is 15.0. The minimum atomic E-state index is -0.379. The zero-order valence-corrected chi connectivity index (χ0v) is 17.3. The van der Waals surface area contributed by atoms with E-state index in [4.69, 9.17) is 10.5 Å². The molecule has 0 aliphatic carbocycles. The molecule has 0 fully saturated rings. The number of carbonyl (C=O) groups excluding carboxylic acids is 1. The van der Waals surface area contributed by atoms with E-state index < -0.39 is 0 Å². The lowest BCUT2D eigenvalue weighted by atomic mass is 9.98. The van der Waals surface area contributed by atoms with Crippen LogP contribution in [0.4, 0.5) is 4.39 Å². The fourth-order valence-electron chi connectivity index (χ4n) is 3.21. The Bertz CT molecular complexity index is 1000. The molecule has 2 N–H and O–H groups in total. The number of aldehydes is 1. The molecule has 0 radical (unpaired) electrons. The van der Waals surface area contributed by atoms with Gasteiger partial charge in [0.05, 0.1) is 0 Å². The van der Waals surface area contributed by atoms with E-state index >= 15 is 4.39 Å². The summed E-state index contributed by atoms with van der Waals surface area (Å²) < 4.78 is 21.0. The van der Waals surface area contributed by atoms with Crippen LogP contribution < -0.4 is 10.5 Å². The second-order valence-corrected chi connectivity index (χ2v) is 7.71. The van der Waals surface area contributed by atoms with Gasteiger partial charge in [0.15, 0.2) is 0 Å². The Morgan fingerprint density at radius 3 is 2.66 bits per heavy atom. The number of thioether (sulfide) groups is 1. The van der Waals surface area contributed by atoms with E-state index in [9.17, 15) is 4.79 Å². The van der Waals surface area contributed by atoms with Crippen molar-refractivity contribution in [3.8, 4) is 16.9 Å². The highest BCUT2D eigenvalue weighted by atomic mass is 32.2. The summed E-state index contributed by atoms with van der Waals surface area (Å²) in [7, 11) is 0. The first-order valence-corrected chi connectivity index (χ1v) is 10.6. The van der Waals surface area contributed by atoms with Crippen LogP contribution in [0.5, 0.6) is 5.75 Å². The van der Waals surface area contributed by atoms with Crippen LogP contribution in [0.2, 0.25) is 0 Å². The molecule has 3 aromatic carbocycles. The Kier molecular flexibility index (Phi) is 7.07. The minimum Gasteiger partial charge on any atom is -0.489 e. The molecule has 5 heteroatoms. The number of carbonyl (C=O) groups is 1. The number of hydrogen-bond donors (Lipinski definition) is 1. The van der Waals surface area contributed by atoms with Crippen molar-refractivity contribution in [1.29, 1.82) is 0 Å². The van der Waals surface area contributed by atoms with Crippen LogP contribution in [0.15, 0.2) is 65.6 Å². The molecule has 0 bridgehead atoms. The highest BCUT2D eigenvalue weighted by molar-refractivity contribution is 7.98. The van der Waals surface area contributed by atoms with Gasteiger partial charge in [0.25, 0.3) is 0 Å². The number of hydrogen-bond acceptors (Lipinski definition) is 4. The highest BCUT2D eigenvalue weighted by Gasteiger charge is 2.14. The maximum absolute atomic E-state index is 15.0. The number of nitrogens with two attached hydrogens (primary N) is 1. The molecule has 0 saturated heterocycles. The molecule has 1 unspecified atom stereocenters. The molecule has 0 amide bonds. The predicted octanol–water partition coefficient (Wildman–Crippen LogP) is 5.55. The maximum Gasteiger partial charge on any atom is 0.135 e. The molecular weight excluding hydrogens is 385 g/mol. The van der Waals surface area contributed by atoms with Crippen molar-refractivity contribution in [3.05, 3.63) is 83.2 Å². The van der Waals surface area contributed by atoms with Crippen molar-refractivity contribution < 1.29 is 13.9 Å². The zero-order chi connectivity index (χ0) is 20.8. The predicted molar refractivity (Wildman–Crippen MR) is 117 cm³/mol. The van der Waals surface area contributed by atoms with Gasteiger partial charge in [-0.15, -0.1) is 11.8 Å². The second-order valence-electron chi connectivity index (χ2n) is 6.83. The van der Waals surface area contributed by atoms with Crippen molar-refractivity contribution in [2.45, 2.75) is 30.9 Å². The van der Waals surface area contributed by atoms with E-state index in [2.05, 4.69) is 0 Å². The van der Waals surface area contributed by atoms with Gasteiger partial charge in [0, 0.05) is 34.0 Å². The van der Waals surface area contributed by atoms with E-state index in [0.29, 0.717) is 29.9 Å². The Morgan fingerprint density at radius 1 is 1.14 bits per heavy atom. The summed E-state index contributed by atoms with van der Waals surface area (Å²) in [6, 6.07) is 18.4. The number of para-hydroxylation sites is 1. The first kappa shape index (κ1) is 21.1. The molecule has 0 aromatic heterocycles. The summed E-state index contributed by atoms with van der Waals surface area (Å²) in [5.41, 5.74) is 9.50. The van der Waals surface area contributed by atoms with Gasteiger partial charge >= 0.3 is 0 Å². The summed E-state index contributed by atoms with van der Waals surface area (Å²) in [4.78, 5) is 11.9. The fraction of sp³-hybridized carbons (Fsp3) is 0.208. The van der Waals surface area contributed by atoms with Gasteiger partial charge < -0.3 is 15.3 Å². The van der Waals surface area contributed by atoms with Gasteiger partial charge in [-0.2, -0.15) is 0 Å². The highest BCUT2D eigenvalue weighted by Crippen LogP contribution is 2.31. The molecular formula is C24H24FNO2S. The average molecular weight is 410 g/mol. The number of halogens is 1. The SMILES string of the molecule is CSc1cc(COc2ccccc2CC=O)cc(-c2cccc(C(C)N)c2F)c1. The van der Waals surface area contributed by atoms with E-state index in [1.165, 1.54) is 0 Å². The first-order chi connectivity index (χ1) is 14.0. The zero-order valence-electron chi connectivity index (χ0n) is 16.5.